The maximum atomic E-state index is 13.3. The van der Waals surface area contributed by atoms with Gasteiger partial charge in [-0.25, -0.2) is 13.9 Å². The molecule has 112 valence electrons. The molecule has 0 aliphatic rings. The number of nitrogens with zero attached hydrogens (tertiary/aromatic N) is 2. The van der Waals surface area contributed by atoms with Gasteiger partial charge in [-0.3, -0.25) is 0 Å². The molecule has 0 aliphatic carbocycles. The van der Waals surface area contributed by atoms with E-state index in [2.05, 4.69) is 10.4 Å². The molecule has 0 radical (unpaired) electrons. The van der Waals surface area contributed by atoms with Crippen molar-refractivity contribution in [2.45, 2.75) is 13.5 Å². The number of rotatable bonds is 5. The standard InChI is InChI=1S/C14H16FN3O3/c1-8-11(13(21-3)18(2)17-8)7-16-9-4-5-12(15)10(6-9)14(19)20/h4-6,16H,7H2,1-3H3,(H,19,20). The van der Waals surface area contributed by atoms with Crippen molar-refractivity contribution in [1.29, 1.82) is 0 Å². The maximum absolute atomic E-state index is 13.3. The van der Waals surface area contributed by atoms with E-state index in [4.69, 9.17) is 9.84 Å². The monoisotopic (exact) mass is 293 g/mol. The molecule has 21 heavy (non-hydrogen) atoms. The minimum absolute atomic E-state index is 0.366. The summed E-state index contributed by atoms with van der Waals surface area (Å²) >= 11 is 0. The smallest absolute Gasteiger partial charge is 0.338 e. The number of aromatic carboxylic acids is 1. The van der Waals surface area contributed by atoms with Gasteiger partial charge < -0.3 is 15.2 Å². The number of hydrogen-bond acceptors (Lipinski definition) is 4. The largest absolute Gasteiger partial charge is 0.481 e. The van der Waals surface area contributed by atoms with Gasteiger partial charge in [0.1, 0.15) is 5.82 Å². The highest BCUT2D eigenvalue weighted by Gasteiger charge is 2.14. The molecule has 0 spiro atoms. The van der Waals surface area contributed by atoms with Gasteiger partial charge in [0.2, 0.25) is 5.88 Å². The van der Waals surface area contributed by atoms with Crippen LogP contribution in [0.2, 0.25) is 0 Å². The minimum Gasteiger partial charge on any atom is -0.481 e. The number of aromatic nitrogens is 2. The van der Waals surface area contributed by atoms with E-state index in [9.17, 15) is 9.18 Å². The van der Waals surface area contributed by atoms with Crippen molar-refractivity contribution in [3.8, 4) is 5.88 Å². The first-order chi connectivity index (χ1) is 9.93. The summed E-state index contributed by atoms with van der Waals surface area (Å²) in [4.78, 5) is 10.9. The second kappa shape index (κ2) is 5.82. The number of nitrogens with one attached hydrogen (secondary N) is 1. The second-order valence-corrected chi connectivity index (χ2v) is 4.55. The summed E-state index contributed by atoms with van der Waals surface area (Å²) in [7, 11) is 3.33. The zero-order valence-corrected chi connectivity index (χ0v) is 12.0. The number of carboxylic acids is 1. The maximum Gasteiger partial charge on any atom is 0.338 e. The van der Waals surface area contributed by atoms with E-state index >= 15 is 0 Å². The van der Waals surface area contributed by atoms with Crippen LogP contribution in [0.4, 0.5) is 10.1 Å². The number of ether oxygens (including phenoxy) is 1. The average molecular weight is 293 g/mol. The molecule has 1 aromatic heterocycles. The van der Waals surface area contributed by atoms with Crippen molar-refractivity contribution in [1.82, 2.24) is 9.78 Å². The number of aryl methyl sites for hydroxylation is 2. The Hall–Kier alpha value is -2.57. The van der Waals surface area contributed by atoms with Crippen LogP contribution in [0.1, 0.15) is 21.6 Å². The molecule has 0 saturated heterocycles. The lowest BCUT2D eigenvalue weighted by Crippen LogP contribution is -2.05. The fourth-order valence-electron chi connectivity index (χ4n) is 2.13. The molecule has 1 heterocycles. The van der Waals surface area contributed by atoms with E-state index in [1.165, 1.54) is 12.1 Å². The van der Waals surface area contributed by atoms with E-state index in [1.807, 2.05) is 6.92 Å². The normalized spacial score (nSPS) is 10.5. The molecule has 2 N–H and O–H groups in total. The Balaban J connectivity index is 2.21. The van der Waals surface area contributed by atoms with Crippen LogP contribution in [-0.2, 0) is 13.6 Å². The van der Waals surface area contributed by atoms with Crippen molar-refractivity contribution in [2.75, 3.05) is 12.4 Å². The first-order valence-corrected chi connectivity index (χ1v) is 6.27. The molecule has 0 aliphatic heterocycles. The number of benzene rings is 1. The summed E-state index contributed by atoms with van der Waals surface area (Å²) in [5, 5.41) is 16.2. The molecule has 0 fully saturated rings. The summed E-state index contributed by atoms with van der Waals surface area (Å²) in [6.07, 6.45) is 0. The Bertz CT molecular complexity index is 682. The number of hydrogen-bond donors (Lipinski definition) is 2. The Morgan fingerprint density at radius 1 is 1.52 bits per heavy atom. The number of methoxy groups -OCH3 is 1. The molecule has 6 nitrogen and oxygen atoms in total. The van der Waals surface area contributed by atoms with Gasteiger partial charge in [-0.15, -0.1) is 0 Å². The van der Waals surface area contributed by atoms with Crippen molar-refractivity contribution >= 4 is 11.7 Å². The summed E-state index contributed by atoms with van der Waals surface area (Å²) in [6.45, 7) is 2.25. The molecule has 1 aromatic carbocycles. The van der Waals surface area contributed by atoms with Gasteiger partial charge in [0.25, 0.3) is 0 Å². The second-order valence-electron chi connectivity index (χ2n) is 4.55. The van der Waals surface area contributed by atoms with Gasteiger partial charge in [0.15, 0.2) is 0 Å². The summed E-state index contributed by atoms with van der Waals surface area (Å²) in [6, 6.07) is 3.87. The highest BCUT2D eigenvalue weighted by atomic mass is 19.1. The molecule has 2 rings (SSSR count). The molecular weight excluding hydrogens is 277 g/mol. The number of carboxylic acid groups (broad SMARTS) is 1. The zero-order valence-electron chi connectivity index (χ0n) is 12.0. The fraction of sp³-hybridized carbons (Fsp3) is 0.286. The number of carbonyl (C=O) groups is 1. The lowest BCUT2D eigenvalue weighted by Gasteiger charge is -2.09. The molecule has 2 aromatic rings. The van der Waals surface area contributed by atoms with Crippen LogP contribution in [0.3, 0.4) is 0 Å². The van der Waals surface area contributed by atoms with E-state index in [0.29, 0.717) is 18.1 Å². The van der Waals surface area contributed by atoms with Crippen molar-refractivity contribution in [3.05, 3.63) is 40.8 Å². The van der Waals surface area contributed by atoms with Gasteiger partial charge in [-0.05, 0) is 25.1 Å². The third-order valence-corrected chi connectivity index (χ3v) is 3.15. The first-order valence-electron chi connectivity index (χ1n) is 6.27. The van der Waals surface area contributed by atoms with E-state index in [-0.39, 0.29) is 5.56 Å². The summed E-state index contributed by atoms with van der Waals surface area (Å²) in [5.41, 5.74) is 1.82. The Labute approximate surface area is 121 Å². The minimum atomic E-state index is -1.30. The molecule has 0 atom stereocenters. The number of anilines is 1. The molecule has 0 saturated carbocycles. The highest BCUT2D eigenvalue weighted by Crippen LogP contribution is 2.23. The number of halogens is 1. The van der Waals surface area contributed by atoms with Gasteiger partial charge in [-0.2, -0.15) is 5.10 Å². The van der Waals surface area contributed by atoms with Crippen LogP contribution >= 0.6 is 0 Å². The predicted octanol–water partition coefficient (Wildman–Crippen LogP) is 2.19. The van der Waals surface area contributed by atoms with Crippen LogP contribution in [-0.4, -0.2) is 28.0 Å². The Morgan fingerprint density at radius 3 is 2.86 bits per heavy atom. The SMILES string of the molecule is COc1c(CNc2ccc(F)c(C(=O)O)c2)c(C)nn1C. The molecule has 0 bridgehead atoms. The van der Waals surface area contributed by atoms with Gasteiger partial charge in [0.05, 0.1) is 23.9 Å². The van der Waals surface area contributed by atoms with Crippen molar-refractivity contribution < 1.29 is 19.0 Å². The topological polar surface area (TPSA) is 76.4 Å². The third-order valence-electron chi connectivity index (χ3n) is 3.15. The molecular formula is C14H16FN3O3. The van der Waals surface area contributed by atoms with Crippen LogP contribution in [0.15, 0.2) is 18.2 Å². The van der Waals surface area contributed by atoms with Gasteiger partial charge >= 0.3 is 5.97 Å². The zero-order chi connectivity index (χ0) is 15.6. The Morgan fingerprint density at radius 2 is 2.24 bits per heavy atom. The van der Waals surface area contributed by atoms with Crippen LogP contribution in [0, 0.1) is 12.7 Å². The van der Waals surface area contributed by atoms with Crippen LogP contribution in [0.5, 0.6) is 5.88 Å². The molecule has 0 amide bonds. The predicted molar refractivity (Wildman–Crippen MR) is 75.2 cm³/mol. The lowest BCUT2D eigenvalue weighted by atomic mass is 10.1. The lowest BCUT2D eigenvalue weighted by molar-refractivity contribution is 0.0692. The van der Waals surface area contributed by atoms with E-state index < -0.39 is 11.8 Å². The van der Waals surface area contributed by atoms with Gasteiger partial charge in [-0.1, -0.05) is 0 Å². The van der Waals surface area contributed by atoms with E-state index in [0.717, 1.165) is 17.3 Å². The first kappa shape index (κ1) is 14.8. The molecule has 7 heteroatoms. The fourth-order valence-corrected chi connectivity index (χ4v) is 2.13. The third kappa shape index (κ3) is 2.96. The van der Waals surface area contributed by atoms with E-state index in [1.54, 1.807) is 18.8 Å². The average Bonchev–Trinajstić information content (AvgIpc) is 2.71. The quantitative estimate of drug-likeness (QED) is 0.883. The Kier molecular flexibility index (Phi) is 4.11. The van der Waals surface area contributed by atoms with Gasteiger partial charge in [0, 0.05) is 19.3 Å². The molecule has 0 unspecified atom stereocenters. The summed E-state index contributed by atoms with van der Waals surface area (Å²) < 4.78 is 20.2. The van der Waals surface area contributed by atoms with Crippen LogP contribution < -0.4 is 10.1 Å². The van der Waals surface area contributed by atoms with Crippen molar-refractivity contribution in [3.63, 3.8) is 0 Å². The summed E-state index contributed by atoms with van der Waals surface area (Å²) in [5.74, 6) is -1.44. The van der Waals surface area contributed by atoms with Crippen LogP contribution in [0.25, 0.3) is 0 Å². The highest BCUT2D eigenvalue weighted by molar-refractivity contribution is 5.89. The van der Waals surface area contributed by atoms with Crippen molar-refractivity contribution in [2.24, 2.45) is 7.05 Å².